The van der Waals surface area contributed by atoms with Crippen molar-refractivity contribution in [1.29, 1.82) is 0 Å². The Labute approximate surface area is 129 Å². The molecule has 0 fully saturated rings. The molecule has 0 aromatic heterocycles. The first-order valence-electron chi connectivity index (χ1n) is 7.30. The first kappa shape index (κ1) is 14.6. The smallest absolute Gasteiger partial charge is 0.244 e. The minimum atomic E-state index is -0.259. The largest absolute Gasteiger partial charge is 0.459 e. The molecule has 0 unspecified atom stereocenters. The van der Waals surface area contributed by atoms with E-state index in [0.29, 0.717) is 13.1 Å². The normalized spacial score (nSPS) is 16.8. The first-order valence-corrected chi connectivity index (χ1v) is 7.30. The van der Waals surface area contributed by atoms with Crippen LogP contribution in [-0.2, 0) is 22.4 Å². The van der Waals surface area contributed by atoms with Crippen LogP contribution in [-0.4, -0.2) is 12.8 Å². The second-order valence-corrected chi connectivity index (χ2v) is 5.19. The summed E-state index contributed by atoms with van der Waals surface area (Å²) >= 11 is 0. The van der Waals surface area contributed by atoms with Gasteiger partial charge in [0.25, 0.3) is 0 Å². The van der Waals surface area contributed by atoms with Gasteiger partial charge in [-0.2, -0.15) is 0 Å². The number of ether oxygens (including phenoxy) is 2. The standard InChI is InChI=1S/C18H18FNO2/c19-16-8-6-15(7-9-16)11-20-12-17-13-21-18(22-17)10-14-4-2-1-3-5-14/h1-9,13,18,20H,10-12H2/t18-/m1/s1. The van der Waals surface area contributed by atoms with Crippen LogP contribution in [0.15, 0.2) is 66.6 Å². The molecule has 0 bridgehead atoms. The van der Waals surface area contributed by atoms with E-state index in [1.165, 1.54) is 17.7 Å². The summed E-state index contributed by atoms with van der Waals surface area (Å²) in [6.45, 7) is 1.24. The molecular formula is C18H18FNO2. The number of benzene rings is 2. The van der Waals surface area contributed by atoms with Gasteiger partial charge in [0.1, 0.15) is 17.8 Å². The third-order valence-corrected chi connectivity index (χ3v) is 3.42. The molecule has 1 aliphatic rings. The lowest BCUT2D eigenvalue weighted by molar-refractivity contribution is -0.0307. The fourth-order valence-corrected chi connectivity index (χ4v) is 2.29. The number of rotatable bonds is 6. The van der Waals surface area contributed by atoms with Gasteiger partial charge in [0.15, 0.2) is 0 Å². The van der Waals surface area contributed by atoms with Crippen molar-refractivity contribution in [3.8, 4) is 0 Å². The van der Waals surface area contributed by atoms with Gasteiger partial charge in [-0.1, -0.05) is 42.5 Å². The average Bonchev–Trinajstić information content (AvgIpc) is 2.98. The van der Waals surface area contributed by atoms with Gasteiger partial charge >= 0.3 is 0 Å². The van der Waals surface area contributed by atoms with Crippen LogP contribution in [0, 0.1) is 5.82 Å². The maximum atomic E-state index is 12.8. The van der Waals surface area contributed by atoms with Gasteiger partial charge in [0.2, 0.25) is 6.29 Å². The molecule has 1 heterocycles. The Morgan fingerprint density at radius 1 is 0.909 bits per heavy atom. The molecule has 0 aliphatic carbocycles. The summed E-state index contributed by atoms with van der Waals surface area (Å²) in [4.78, 5) is 0. The van der Waals surface area contributed by atoms with Gasteiger partial charge in [-0.15, -0.1) is 0 Å². The predicted octanol–water partition coefficient (Wildman–Crippen LogP) is 3.37. The van der Waals surface area contributed by atoms with Gasteiger partial charge < -0.3 is 14.8 Å². The molecule has 1 atom stereocenters. The zero-order valence-electron chi connectivity index (χ0n) is 12.2. The summed E-state index contributed by atoms with van der Waals surface area (Å²) in [5, 5.41) is 3.25. The van der Waals surface area contributed by atoms with Crippen LogP contribution in [0.4, 0.5) is 4.39 Å². The first-order chi connectivity index (χ1) is 10.8. The van der Waals surface area contributed by atoms with Gasteiger partial charge in [0.05, 0.1) is 6.54 Å². The molecule has 0 saturated carbocycles. The number of hydrogen-bond donors (Lipinski definition) is 1. The summed E-state index contributed by atoms with van der Waals surface area (Å²) in [5.41, 5.74) is 2.21. The summed E-state index contributed by atoms with van der Waals surface area (Å²) in [6, 6.07) is 16.5. The Morgan fingerprint density at radius 3 is 2.45 bits per heavy atom. The highest BCUT2D eigenvalue weighted by atomic mass is 19.1. The highest BCUT2D eigenvalue weighted by Gasteiger charge is 2.19. The average molecular weight is 299 g/mol. The van der Waals surface area contributed by atoms with Crippen molar-refractivity contribution >= 4 is 0 Å². The summed E-state index contributed by atoms with van der Waals surface area (Å²) in [6.07, 6.45) is 2.12. The molecule has 4 heteroatoms. The second-order valence-electron chi connectivity index (χ2n) is 5.19. The second kappa shape index (κ2) is 7.09. The van der Waals surface area contributed by atoms with E-state index in [-0.39, 0.29) is 12.1 Å². The third kappa shape index (κ3) is 4.09. The zero-order chi connectivity index (χ0) is 15.2. The van der Waals surface area contributed by atoms with E-state index in [2.05, 4.69) is 17.4 Å². The zero-order valence-corrected chi connectivity index (χ0v) is 12.2. The molecule has 1 N–H and O–H groups in total. The summed E-state index contributed by atoms with van der Waals surface area (Å²) in [5.74, 6) is 0.561. The summed E-state index contributed by atoms with van der Waals surface area (Å²) < 4.78 is 24.1. The van der Waals surface area contributed by atoms with Crippen LogP contribution in [0.5, 0.6) is 0 Å². The van der Waals surface area contributed by atoms with E-state index in [1.807, 2.05) is 18.2 Å². The van der Waals surface area contributed by atoms with Gasteiger partial charge in [-0.25, -0.2) is 4.39 Å². The van der Waals surface area contributed by atoms with Crippen molar-refractivity contribution in [1.82, 2.24) is 5.32 Å². The fourth-order valence-electron chi connectivity index (χ4n) is 2.29. The Morgan fingerprint density at radius 2 is 1.68 bits per heavy atom. The third-order valence-electron chi connectivity index (χ3n) is 3.42. The van der Waals surface area contributed by atoms with Crippen molar-refractivity contribution in [3.05, 3.63) is 83.6 Å². The van der Waals surface area contributed by atoms with Crippen LogP contribution >= 0.6 is 0 Å². The fraction of sp³-hybridized carbons (Fsp3) is 0.222. The molecule has 3 nitrogen and oxygen atoms in total. The quantitative estimate of drug-likeness (QED) is 0.887. The van der Waals surface area contributed by atoms with Crippen LogP contribution in [0.25, 0.3) is 0 Å². The van der Waals surface area contributed by atoms with Crippen molar-refractivity contribution in [3.63, 3.8) is 0 Å². The maximum absolute atomic E-state index is 12.8. The molecule has 1 aliphatic heterocycles. The van der Waals surface area contributed by atoms with Crippen molar-refractivity contribution in [2.24, 2.45) is 0 Å². The number of nitrogens with one attached hydrogen (secondary N) is 1. The van der Waals surface area contributed by atoms with Crippen LogP contribution < -0.4 is 5.32 Å². The van der Waals surface area contributed by atoms with E-state index < -0.39 is 0 Å². The topological polar surface area (TPSA) is 30.5 Å². The van der Waals surface area contributed by atoms with Gasteiger partial charge in [-0.05, 0) is 23.3 Å². The predicted molar refractivity (Wildman–Crippen MR) is 82.3 cm³/mol. The van der Waals surface area contributed by atoms with Gasteiger partial charge in [0, 0.05) is 13.0 Å². The van der Waals surface area contributed by atoms with Crippen molar-refractivity contribution in [2.75, 3.05) is 6.54 Å². The lowest BCUT2D eigenvalue weighted by atomic mass is 10.1. The highest BCUT2D eigenvalue weighted by Crippen LogP contribution is 2.17. The molecule has 22 heavy (non-hydrogen) atoms. The molecule has 2 aromatic rings. The molecular weight excluding hydrogens is 281 g/mol. The SMILES string of the molecule is Fc1ccc(CNCC2=CO[C@@H](Cc3ccccc3)O2)cc1. The van der Waals surface area contributed by atoms with E-state index in [9.17, 15) is 4.39 Å². The van der Waals surface area contributed by atoms with Crippen LogP contribution in [0.1, 0.15) is 11.1 Å². The van der Waals surface area contributed by atoms with Crippen LogP contribution in [0.2, 0.25) is 0 Å². The van der Waals surface area contributed by atoms with E-state index in [4.69, 9.17) is 9.47 Å². The summed E-state index contributed by atoms with van der Waals surface area (Å²) in [7, 11) is 0. The Bertz CT molecular complexity index is 625. The van der Waals surface area contributed by atoms with Crippen LogP contribution in [0.3, 0.4) is 0 Å². The molecule has 3 rings (SSSR count). The van der Waals surface area contributed by atoms with E-state index in [1.54, 1.807) is 18.4 Å². The van der Waals surface area contributed by atoms with Crippen molar-refractivity contribution in [2.45, 2.75) is 19.3 Å². The lowest BCUT2D eigenvalue weighted by Crippen LogP contribution is -2.19. The molecule has 0 saturated heterocycles. The Balaban J connectivity index is 1.40. The minimum absolute atomic E-state index is 0.220. The highest BCUT2D eigenvalue weighted by molar-refractivity contribution is 5.17. The number of hydrogen-bond acceptors (Lipinski definition) is 3. The van der Waals surface area contributed by atoms with E-state index in [0.717, 1.165) is 17.7 Å². The van der Waals surface area contributed by atoms with Gasteiger partial charge in [-0.3, -0.25) is 0 Å². The minimum Gasteiger partial charge on any atom is -0.459 e. The maximum Gasteiger partial charge on any atom is 0.244 e. The number of halogens is 1. The van der Waals surface area contributed by atoms with Crippen molar-refractivity contribution < 1.29 is 13.9 Å². The lowest BCUT2D eigenvalue weighted by Gasteiger charge is -2.12. The van der Waals surface area contributed by atoms with E-state index >= 15 is 0 Å². The Hall–Kier alpha value is -2.33. The molecule has 114 valence electrons. The molecule has 0 spiro atoms. The molecule has 0 amide bonds. The Kier molecular flexibility index (Phi) is 4.71. The molecule has 2 aromatic carbocycles. The monoisotopic (exact) mass is 299 g/mol. The molecule has 0 radical (unpaired) electrons.